The van der Waals surface area contributed by atoms with Gasteiger partial charge in [-0.15, -0.1) is 0 Å². The number of ether oxygens (including phenoxy) is 1. The predicted octanol–water partition coefficient (Wildman–Crippen LogP) is 2.01. The van der Waals surface area contributed by atoms with Crippen molar-refractivity contribution in [2.24, 2.45) is 0 Å². The minimum absolute atomic E-state index is 0.106. The number of nitrogens with one attached hydrogen (secondary N) is 1. The van der Waals surface area contributed by atoms with Gasteiger partial charge in [0.1, 0.15) is 23.3 Å². The largest absolute Gasteiger partial charge is 0.378 e. The molecule has 0 spiro atoms. The fourth-order valence-corrected chi connectivity index (χ4v) is 3.54. The van der Waals surface area contributed by atoms with Crippen molar-refractivity contribution >= 4 is 17.5 Å². The second-order valence-electron chi connectivity index (χ2n) is 6.66. The number of nitrogens with zero attached hydrogens (tertiary/aromatic N) is 5. The molecule has 3 heterocycles. The molecule has 27 heavy (non-hydrogen) atoms. The maximum absolute atomic E-state index is 13.9. The van der Waals surface area contributed by atoms with E-state index in [0.717, 1.165) is 31.9 Å². The zero-order valence-corrected chi connectivity index (χ0v) is 14.9. The number of hydrogen-bond acceptors (Lipinski definition) is 7. The monoisotopic (exact) mass is 368 g/mol. The molecule has 1 atom stereocenters. The quantitative estimate of drug-likeness (QED) is 0.885. The number of rotatable bonds is 4. The summed E-state index contributed by atoms with van der Waals surface area (Å²) in [7, 11) is 0. The Morgan fingerprint density at radius 1 is 1.19 bits per heavy atom. The van der Waals surface area contributed by atoms with E-state index in [-0.39, 0.29) is 11.6 Å². The van der Waals surface area contributed by atoms with Gasteiger partial charge in [-0.1, -0.05) is 6.07 Å². The van der Waals surface area contributed by atoms with Crippen LogP contribution < -0.4 is 15.1 Å². The first kappa shape index (κ1) is 17.5. The fourth-order valence-electron chi connectivity index (χ4n) is 3.54. The number of nitriles is 1. The molecule has 1 N–H and O–H groups in total. The molecule has 140 valence electrons. The SMILES string of the molecule is N#Cc1c(F)cccc1N1CCC(Nc2ccnc(N3CCOCC3)n2)C1. The molecule has 7 nitrogen and oxygen atoms in total. The summed E-state index contributed by atoms with van der Waals surface area (Å²) in [5.41, 5.74) is 0.758. The highest BCUT2D eigenvalue weighted by Gasteiger charge is 2.26. The molecule has 2 aromatic rings. The molecular weight excluding hydrogens is 347 g/mol. The van der Waals surface area contributed by atoms with Gasteiger partial charge in [-0.3, -0.25) is 0 Å². The van der Waals surface area contributed by atoms with Crippen LogP contribution in [0.25, 0.3) is 0 Å². The molecule has 0 bridgehead atoms. The van der Waals surface area contributed by atoms with E-state index in [1.807, 2.05) is 17.0 Å². The molecule has 2 fully saturated rings. The van der Waals surface area contributed by atoms with Gasteiger partial charge in [0.25, 0.3) is 0 Å². The predicted molar refractivity (Wildman–Crippen MR) is 100 cm³/mol. The van der Waals surface area contributed by atoms with Gasteiger partial charge in [0.2, 0.25) is 5.95 Å². The average Bonchev–Trinajstić information content (AvgIpc) is 3.17. The Bertz CT molecular complexity index is 848. The first-order valence-electron chi connectivity index (χ1n) is 9.10. The van der Waals surface area contributed by atoms with Crippen LogP contribution in [0.5, 0.6) is 0 Å². The highest BCUT2D eigenvalue weighted by atomic mass is 19.1. The van der Waals surface area contributed by atoms with Gasteiger partial charge in [0.05, 0.1) is 18.9 Å². The van der Waals surface area contributed by atoms with Crippen LogP contribution in [0.15, 0.2) is 30.5 Å². The summed E-state index contributed by atoms with van der Waals surface area (Å²) in [6.45, 7) is 4.40. The van der Waals surface area contributed by atoms with Crippen LogP contribution in [0.3, 0.4) is 0 Å². The van der Waals surface area contributed by atoms with E-state index < -0.39 is 5.82 Å². The molecule has 0 saturated carbocycles. The number of benzene rings is 1. The van der Waals surface area contributed by atoms with Crippen molar-refractivity contribution < 1.29 is 9.13 Å². The van der Waals surface area contributed by atoms with E-state index in [1.54, 1.807) is 18.3 Å². The lowest BCUT2D eigenvalue weighted by molar-refractivity contribution is 0.122. The Morgan fingerprint density at radius 3 is 2.85 bits per heavy atom. The third-order valence-corrected chi connectivity index (χ3v) is 4.92. The van der Waals surface area contributed by atoms with Gasteiger partial charge in [-0.05, 0) is 24.6 Å². The van der Waals surface area contributed by atoms with Crippen LogP contribution >= 0.6 is 0 Å². The van der Waals surface area contributed by atoms with Crippen LogP contribution in [0.4, 0.5) is 21.8 Å². The van der Waals surface area contributed by atoms with Crippen molar-refractivity contribution in [2.75, 3.05) is 54.5 Å². The van der Waals surface area contributed by atoms with Gasteiger partial charge in [0, 0.05) is 38.4 Å². The Kier molecular flexibility index (Phi) is 5.03. The number of aromatic nitrogens is 2. The highest BCUT2D eigenvalue weighted by Crippen LogP contribution is 2.27. The first-order valence-corrected chi connectivity index (χ1v) is 9.10. The Hall–Kier alpha value is -2.92. The molecule has 4 rings (SSSR count). The first-order chi connectivity index (χ1) is 13.2. The van der Waals surface area contributed by atoms with Crippen LogP contribution in [0, 0.1) is 17.1 Å². The molecule has 1 aromatic heterocycles. The van der Waals surface area contributed by atoms with Crippen LogP contribution in [-0.4, -0.2) is 55.4 Å². The van der Waals surface area contributed by atoms with Gasteiger partial charge in [-0.2, -0.15) is 10.2 Å². The second kappa shape index (κ2) is 7.76. The smallest absolute Gasteiger partial charge is 0.227 e. The zero-order chi connectivity index (χ0) is 18.6. The number of anilines is 3. The minimum atomic E-state index is -0.475. The topological polar surface area (TPSA) is 77.3 Å². The van der Waals surface area contributed by atoms with Gasteiger partial charge >= 0.3 is 0 Å². The molecule has 0 radical (unpaired) electrons. The molecule has 2 aliphatic rings. The summed E-state index contributed by atoms with van der Waals surface area (Å²) in [6, 6.07) is 8.77. The molecule has 2 aliphatic heterocycles. The maximum atomic E-state index is 13.9. The third-order valence-electron chi connectivity index (χ3n) is 4.92. The Labute approximate surface area is 157 Å². The Morgan fingerprint density at radius 2 is 2.04 bits per heavy atom. The van der Waals surface area contributed by atoms with Crippen molar-refractivity contribution in [3.8, 4) is 6.07 Å². The lowest BCUT2D eigenvalue weighted by Crippen LogP contribution is -2.37. The van der Waals surface area contributed by atoms with Crippen molar-refractivity contribution in [1.82, 2.24) is 9.97 Å². The average molecular weight is 368 g/mol. The van der Waals surface area contributed by atoms with Crippen molar-refractivity contribution in [3.05, 3.63) is 41.8 Å². The van der Waals surface area contributed by atoms with Crippen molar-refractivity contribution in [3.63, 3.8) is 0 Å². The third kappa shape index (κ3) is 3.78. The molecule has 8 heteroatoms. The molecular formula is C19H21FN6O. The van der Waals surface area contributed by atoms with Crippen LogP contribution in [-0.2, 0) is 4.74 Å². The number of morpholine rings is 1. The van der Waals surface area contributed by atoms with E-state index in [0.29, 0.717) is 31.4 Å². The standard InChI is InChI=1S/C19H21FN6O/c20-16-2-1-3-17(15(16)12-21)26-7-5-14(13-26)23-18-4-6-22-19(24-18)25-8-10-27-11-9-25/h1-4,6,14H,5,7-11,13H2,(H,22,23,24). The lowest BCUT2D eigenvalue weighted by Gasteiger charge is -2.27. The van der Waals surface area contributed by atoms with E-state index in [4.69, 9.17) is 4.74 Å². The Balaban J connectivity index is 1.43. The summed E-state index contributed by atoms with van der Waals surface area (Å²) in [5.74, 6) is 1.01. The zero-order valence-electron chi connectivity index (χ0n) is 14.9. The highest BCUT2D eigenvalue weighted by molar-refractivity contribution is 5.61. The van der Waals surface area contributed by atoms with Gasteiger partial charge in [0.15, 0.2) is 0 Å². The van der Waals surface area contributed by atoms with Crippen molar-refractivity contribution in [2.45, 2.75) is 12.5 Å². The minimum Gasteiger partial charge on any atom is -0.378 e. The van der Waals surface area contributed by atoms with E-state index in [2.05, 4.69) is 20.2 Å². The molecule has 1 aromatic carbocycles. The summed E-state index contributed by atoms with van der Waals surface area (Å²) in [4.78, 5) is 13.1. The second-order valence-corrected chi connectivity index (χ2v) is 6.66. The summed E-state index contributed by atoms with van der Waals surface area (Å²) < 4.78 is 19.2. The summed E-state index contributed by atoms with van der Waals surface area (Å²) in [6.07, 6.45) is 2.64. The fraction of sp³-hybridized carbons (Fsp3) is 0.421. The molecule has 2 saturated heterocycles. The van der Waals surface area contributed by atoms with E-state index >= 15 is 0 Å². The van der Waals surface area contributed by atoms with Crippen LogP contribution in [0.1, 0.15) is 12.0 Å². The van der Waals surface area contributed by atoms with Gasteiger partial charge < -0.3 is 19.9 Å². The summed E-state index contributed by atoms with van der Waals surface area (Å²) >= 11 is 0. The number of hydrogen-bond donors (Lipinski definition) is 1. The van der Waals surface area contributed by atoms with Crippen LogP contribution in [0.2, 0.25) is 0 Å². The van der Waals surface area contributed by atoms with Gasteiger partial charge in [-0.25, -0.2) is 9.37 Å². The molecule has 0 aliphatic carbocycles. The van der Waals surface area contributed by atoms with Crippen molar-refractivity contribution in [1.29, 1.82) is 5.26 Å². The van der Waals surface area contributed by atoms with E-state index in [1.165, 1.54) is 6.07 Å². The lowest BCUT2D eigenvalue weighted by atomic mass is 10.1. The normalized spacial score (nSPS) is 19.8. The number of halogens is 1. The molecule has 1 unspecified atom stereocenters. The summed E-state index contributed by atoms with van der Waals surface area (Å²) in [5, 5.41) is 12.7. The van der Waals surface area contributed by atoms with E-state index in [9.17, 15) is 9.65 Å². The molecule has 0 amide bonds. The maximum Gasteiger partial charge on any atom is 0.227 e.